The second kappa shape index (κ2) is 2.90. The van der Waals surface area contributed by atoms with Crippen molar-refractivity contribution in [2.24, 2.45) is 0 Å². The zero-order chi connectivity index (χ0) is 9.35. The van der Waals surface area contributed by atoms with Gasteiger partial charge in [-0.15, -0.1) is 11.3 Å². The molecule has 0 spiro atoms. The van der Waals surface area contributed by atoms with E-state index in [1.807, 2.05) is 0 Å². The first-order chi connectivity index (χ1) is 5.45. The molecule has 0 aliphatic heterocycles. The lowest BCUT2D eigenvalue weighted by Gasteiger charge is -2.02. The molecule has 0 aromatic carbocycles. The molecule has 0 saturated heterocycles. The Bertz CT molecular complexity index is 300. The summed E-state index contributed by atoms with van der Waals surface area (Å²) in [6.07, 6.45) is -4.18. The smallest absolute Gasteiger partial charge is 0.297 e. The van der Waals surface area contributed by atoms with Crippen molar-refractivity contribution in [1.82, 2.24) is 0 Å². The number of alkyl halides is 3. The fourth-order valence-electron chi connectivity index (χ4n) is 0.841. The molecule has 0 aliphatic rings. The van der Waals surface area contributed by atoms with Crippen LogP contribution in [-0.2, 0) is 6.18 Å². The summed E-state index contributed by atoms with van der Waals surface area (Å²) in [7, 11) is 0. The van der Waals surface area contributed by atoms with Crippen molar-refractivity contribution in [3.8, 4) is 0 Å². The Labute approximate surface area is 70.8 Å². The molecule has 1 aromatic rings. The molecule has 0 unspecified atom stereocenters. The van der Waals surface area contributed by atoms with Crippen molar-refractivity contribution in [1.29, 1.82) is 0 Å². The maximum atomic E-state index is 12.1. The quantitative estimate of drug-likeness (QED) is 0.628. The largest absolute Gasteiger partial charge is 0.417 e. The van der Waals surface area contributed by atoms with Gasteiger partial charge in [0, 0.05) is 4.88 Å². The van der Waals surface area contributed by atoms with Gasteiger partial charge in [0.15, 0.2) is 6.29 Å². The lowest BCUT2D eigenvalue weighted by Crippen LogP contribution is -2.05. The van der Waals surface area contributed by atoms with Gasteiger partial charge in [0.1, 0.15) is 0 Å². The third kappa shape index (κ3) is 1.66. The first-order valence-electron chi connectivity index (χ1n) is 3.08. The molecule has 0 N–H and O–H groups in total. The molecular formula is C7H5F3OS. The van der Waals surface area contributed by atoms with E-state index in [1.54, 1.807) is 0 Å². The van der Waals surface area contributed by atoms with Crippen molar-refractivity contribution in [2.75, 3.05) is 0 Å². The summed E-state index contributed by atoms with van der Waals surface area (Å²) in [4.78, 5) is 10.4. The van der Waals surface area contributed by atoms with Gasteiger partial charge in [-0.2, -0.15) is 13.2 Å². The Morgan fingerprint density at radius 2 is 2.08 bits per heavy atom. The van der Waals surface area contributed by atoms with Crippen LogP contribution >= 0.6 is 11.3 Å². The van der Waals surface area contributed by atoms with E-state index < -0.39 is 11.7 Å². The van der Waals surface area contributed by atoms with Gasteiger partial charge >= 0.3 is 6.18 Å². The summed E-state index contributed by atoms with van der Waals surface area (Å²) in [5, 5.41) is 0. The number of halogens is 3. The van der Waals surface area contributed by atoms with Crippen LogP contribution in [0.2, 0.25) is 0 Å². The van der Waals surface area contributed by atoms with Crippen molar-refractivity contribution in [2.45, 2.75) is 13.1 Å². The molecule has 12 heavy (non-hydrogen) atoms. The summed E-state index contributed by atoms with van der Waals surface area (Å²) in [6, 6.07) is 0.981. The van der Waals surface area contributed by atoms with Gasteiger partial charge in [0.25, 0.3) is 0 Å². The highest BCUT2D eigenvalue weighted by Gasteiger charge is 2.34. The molecule has 5 heteroatoms. The molecular weight excluding hydrogens is 189 g/mol. The Kier molecular flexibility index (Phi) is 2.23. The molecule has 0 fully saturated rings. The van der Waals surface area contributed by atoms with Crippen molar-refractivity contribution >= 4 is 17.6 Å². The predicted molar refractivity (Wildman–Crippen MR) is 39.4 cm³/mol. The molecule has 0 amide bonds. The van der Waals surface area contributed by atoms with Crippen LogP contribution in [0, 0.1) is 6.92 Å². The van der Waals surface area contributed by atoms with E-state index in [0.717, 1.165) is 17.4 Å². The number of rotatable bonds is 1. The molecule has 1 nitrogen and oxygen atoms in total. The number of aryl methyl sites for hydroxylation is 1. The molecule has 0 bridgehead atoms. The van der Waals surface area contributed by atoms with Crippen LogP contribution < -0.4 is 0 Å². The minimum Gasteiger partial charge on any atom is -0.297 e. The van der Waals surface area contributed by atoms with Crippen molar-refractivity contribution in [3.05, 3.63) is 21.4 Å². The van der Waals surface area contributed by atoms with Gasteiger partial charge in [0.2, 0.25) is 0 Å². The highest BCUT2D eigenvalue weighted by Crippen LogP contribution is 2.35. The SMILES string of the molecule is Cc1cc(C(F)(F)F)c(C=O)s1. The Morgan fingerprint density at radius 1 is 1.50 bits per heavy atom. The van der Waals surface area contributed by atoms with Gasteiger partial charge in [0.05, 0.1) is 10.4 Å². The lowest BCUT2D eigenvalue weighted by atomic mass is 10.2. The number of thiophene rings is 1. The van der Waals surface area contributed by atoms with Crippen LogP contribution in [0.1, 0.15) is 20.1 Å². The summed E-state index contributed by atoms with van der Waals surface area (Å²) in [5.74, 6) is 0. The van der Waals surface area contributed by atoms with Gasteiger partial charge in [-0.3, -0.25) is 4.79 Å². The standard InChI is InChI=1S/C7H5F3OS/c1-4-2-5(7(8,9)10)6(3-11)12-4/h2-3H,1H3. The first-order valence-corrected chi connectivity index (χ1v) is 3.89. The molecule has 0 saturated carbocycles. The molecule has 66 valence electrons. The molecule has 0 aliphatic carbocycles. The Balaban J connectivity index is 3.22. The highest BCUT2D eigenvalue weighted by molar-refractivity contribution is 7.13. The van der Waals surface area contributed by atoms with Gasteiger partial charge in [-0.25, -0.2) is 0 Å². The third-order valence-corrected chi connectivity index (χ3v) is 2.27. The lowest BCUT2D eigenvalue weighted by molar-refractivity contribution is -0.137. The average molecular weight is 194 g/mol. The number of hydrogen-bond donors (Lipinski definition) is 0. The monoisotopic (exact) mass is 194 g/mol. The molecule has 1 aromatic heterocycles. The minimum atomic E-state index is -4.42. The third-order valence-electron chi connectivity index (χ3n) is 1.30. The molecule has 1 rings (SSSR count). The summed E-state index contributed by atoms with van der Waals surface area (Å²) >= 11 is 0.853. The van der Waals surface area contributed by atoms with Crippen LogP contribution in [0.3, 0.4) is 0 Å². The van der Waals surface area contributed by atoms with E-state index in [9.17, 15) is 18.0 Å². The topological polar surface area (TPSA) is 17.1 Å². The predicted octanol–water partition coefficient (Wildman–Crippen LogP) is 2.89. The normalized spacial score (nSPS) is 11.7. The average Bonchev–Trinajstić information content (AvgIpc) is 2.29. The van der Waals surface area contributed by atoms with Crippen LogP contribution in [0.25, 0.3) is 0 Å². The fraction of sp³-hybridized carbons (Fsp3) is 0.286. The Morgan fingerprint density at radius 3 is 2.42 bits per heavy atom. The van der Waals surface area contributed by atoms with Gasteiger partial charge in [-0.05, 0) is 13.0 Å². The van der Waals surface area contributed by atoms with Crippen molar-refractivity contribution in [3.63, 3.8) is 0 Å². The van der Waals surface area contributed by atoms with Gasteiger partial charge in [-0.1, -0.05) is 0 Å². The first kappa shape index (κ1) is 9.25. The molecule has 0 radical (unpaired) electrons. The summed E-state index contributed by atoms with van der Waals surface area (Å²) in [5.41, 5.74) is -0.833. The van der Waals surface area contributed by atoms with E-state index in [4.69, 9.17) is 0 Å². The van der Waals surface area contributed by atoms with E-state index >= 15 is 0 Å². The maximum absolute atomic E-state index is 12.1. The molecule has 0 atom stereocenters. The Hall–Kier alpha value is -0.840. The van der Waals surface area contributed by atoms with Gasteiger partial charge < -0.3 is 0 Å². The zero-order valence-electron chi connectivity index (χ0n) is 6.11. The van der Waals surface area contributed by atoms with E-state index in [2.05, 4.69) is 0 Å². The van der Waals surface area contributed by atoms with E-state index in [-0.39, 0.29) is 11.2 Å². The number of carbonyl (C=O) groups is 1. The van der Waals surface area contributed by atoms with E-state index in [1.165, 1.54) is 6.92 Å². The highest BCUT2D eigenvalue weighted by atomic mass is 32.1. The second-order valence-corrected chi connectivity index (χ2v) is 3.54. The van der Waals surface area contributed by atoms with Crippen molar-refractivity contribution < 1.29 is 18.0 Å². The van der Waals surface area contributed by atoms with Crippen LogP contribution in [0.15, 0.2) is 6.07 Å². The number of carbonyl (C=O) groups excluding carboxylic acids is 1. The van der Waals surface area contributed by atoms with Crippen LogP contribution in [0.5, 0.6) is 0 Å². The minimum absolute atomic E-state index is 0.237. The second-order valence-electron chi connectivity index (χ2n) is 2.25. The van der Waals surface area contributed by atoms with Crippen LogP contribution in [-0.4, -0.2) is 6.29 Å². The summed E-state index contributed by atoms with van der Waals surface area (Å²) in [6.45, 7) is 1.53. The zero-order valence-corrected chi connectivity index (χ0v) is 6.92. The maximum Gasteiger partial charge on any atom is 0.417 e. The summed E-state index contributed by atoms with van der Waals surface area (Å²) < 4.78 is 36.3. The number of hydrogen-bond acceptors (Lipinski definition) is 2. The van der Waals surface area contributed by atoms with E-state index in [0.29, 0.717) is 4.88 Å². The fourth-order valence-corrected chi connectivity index (χ4v) is 1.70. The number of aldehydes is 1. The molecule has 1 heterocycles. The van der Waals surface area contributed by atoms with Crippen LogP contribution in [0.4, 0.5) is 13.2 Å².